The van der Waals surface area contributed by atoms with Gasteiger partial charge in [-0.3, -0.25) is 0 Å². The number of pyridine rings is 1. The summed E-state index contributed by atoms with van der Waals surface area (Å²) in [5.74, 6) is 0.548. The Morgan fingerprint density at radius 3 is 2.50 bits per heavy atom. The van der Waals surface area contributed by atoms with Crippen molar-refractivity contribution in [3.63, 3.8) is 0 Å². The largest absolute Gasteiger partial charge is 0.390 e. The molecule has 1 rings (SSSR count). The molecule has 1 aromatic heterocycles. The fourth-order valence-corrected chi connectivity index (χ4v) is 1.46. The second-order valence-corrected chi connectivity index (χ2v) is 4.25. The summed E-state index contributed by atoms with van der Waals surface area (Å²) < 4.78 is 36.3. The van der Waals surface area contributed by atoms with Gasteiger partial charge >= 0.3 is 6.18 Å². The van der Waals surface area contributed by atoms with Gasteiger partial charge < -0.3 is 10.2 Å². The Hall–Kier alpha value is -1.30. The number of anilines is 1. The van der Waals surface area contributed by atoms with E-state index in [0.717, 1.165) is 5.56 Å². The third-order valence-corrected chi connectivity index (χ3v) is 2.83. The molecule has 0 fully saturated rings. The molecule has 0 bridgehead atoms. The fraction of sp³-hybridized carbons (Fsp3) is 0.583. The molecule has 0 saturated heterocycles. The van der Waals surface area contributed by atoms with Crippen LogP contribution < -0.4 is 10.2 Å². The summed E-state index contributed by atoms with van der Waals surface area (Å²) in [4.78, 5) is 5.67. The maximum atomic E-state index is 12.1. The van der Waals surface area contributed by atoms with E-state index in [9.17, 15) is 13.2 Å². The maximum Gasteiger partial charge on any atom is 0.390 e. The van der Waals surface area contributed by atoms with Crippen molar-refractivity contribution in [2.45, 2.75) is 25.6 Å². The molecule has 1 N–H and O–H groups in total. The number of hydrogen-bond donors (Lipinski definition) is 1. The van der Waals surface area contributed by atoms with Gasteiger partial charge in [0.15, 0.2) is 0 Å². The van der Waals surface area contributed by atoms with Crippen molar-refractivity contribution >= 4 is 5.82 Å². The zero-order chi connectivity index (χ0) is 13.8. The molecule has 18 heavy (non-hydrogen) atoms. The van der Waals surface area contributed by atoms with Gasteiger partial charge in [-0.2, -0.15) is 13.2 Å². The third-order valence-electron chi connectivity index (χ3n) is 2.83. The Morgan fingerprint density at radius 1 is 1.39 bits per heavy atom. The Kier molecular flexibility index (Phi) is 4.95. The van der Waals surface area contributed by atoms with Crippen LogP contribution >= 0.6 is 0 Å². The molecular weight excluding hydrogens is 243 g/mol. The van der Waals surface area contributed by atoms with Gasteiger partial charge in [0.25, 0.3) is 0 Å². The van der Waals surface area contributed by atoms with Crippen molar-refractivity contribution in [2.24, 2.45) is 0 Å². The molecule has 0 aliphatic carbocycles. The zero-order valence-electron chi connectivity index (χ0n) is 10.8. The fourth-order valence-electron chi connectivity index (χ4n) is 1.46. The number of halogens is 3. The minimum absolute atomic E-state index is 0.0859. The summed E-state index contributed by atoms with van der Waals surface area (Å²) in [6.07, 6.45) is -3.28. The summed E-state index contributed by atoms with van der Waals surface area (Å²) in [6.45, 7) is 1.90. The van der Waals surface area contributed by atoms with E-state index >= 15 is 0 Å². The van der Waals surface area contributed by atoms with Crippen molar-refractivity contribution < 1.29 is 13.2 Å². The molecule has 1 heterocycles. The minimum Gasteiger partial charge on any atom is -0.359 e. The zero-order valence-corrected chi connectivity index (χ0v) is 10.8. The van der Waals surface area contributed by atoms with Crippen LogP contribution in [0.1, 0.15) is 24.9 Å². The number of alkyl halides is 3. The first-order valence-corrected chi connectivity index (χ1v) is 5.74. The van der Waals surface area contributed by atoms with E-state index in [1.807, 2.05) is 20.0 Å². The van der Waals surface area contributed by atoms with Crippen LogP contribution in [0.5, 0.6) is 0 Å². The SMILES string of the molecule is CNC(C)c1ccc(N(C)CCC(F)(F)F)nc1. The molecule has 1 atom stereocenters. The highest BCUT2D eigenvalue weighted by Crippen LogP contribution is 2.21. The summed E-state index contributed by atoms with van der Waals surface area (Å²) in [6, 6.07) is 3.78. The molecule has 1 unspecified atom stereocenters. The van der Waals surface area contributed by atoms with Gasteiger partial charge in [0.05, 0.1) is 6.42 Å². The predicted octanol–water partition coefficient (Wildman–Crippen LogP) is 2.75. The highest BCUT2D eigenvalue weighted by molar-refractivity contribution is 5.38. The highest BCUT2D eigenvalue weighted by Gasteiger charge is 2.27. The van der Waals surface area contributed by atoms with Gasteiger partial charge in [0, 0.05) is 25.8 Å². The lowest BCUT2D eigenvalue weighted by molar-refractivity contribution is -0.132. The molecule has 0 aliphatic heterocycles. The third kappa shape index (κ3) is 4.52. The lowest BCUT2D eigenvalue weighted by Crippen LogP contribution is -2.24. The first kappa shape index (κ1) is 14.8. The Bertz CT molecular complexity index is 362. The van der Waals surface area contributed by atoms with E-state index in [1.54, 1.807) is 19.3 Å². The van der Waals surface area contributed by atoms with E-state index in [0.29, 0.717) is 5.82 Å². The monoisotopic (exact) mass is 261 g/mol. The van der Waals surface area contributed by atoms with Gasteiger partial charge in [0.1, 0.15) is 5.82 Å². The number of hydrogen-bond acceptors (Lipinski definition) is 3. The number of nitrogens with one attached hydrogen (secondary N) is 1. The number of nitrogens with zero attached hydrogens (tertiary/aromatic N) is 2. The van der Waals surface area contributed by atoms with Gasteiger partial charge in [-0.25, -0.2) is 4.98 Å². The van der Waals surface area contributed by atoms with Crippen LogP contribution in [0.4, 0.5) is 19.0 Å². The first-order valence-electron chi connectivity index (χ1n) is 5.74. The molecule has 3 nitrogen and oxygen atoms in total. The van der Waals surface area contributed by atoms with Crippen molar-refractivity contribution in [2.75, 3.05) is 25.5 Å². The molecule has 0 aliphatic rings. The van der Waals surface area contributed by atoms with E-state index in [1.165, 1.54) is 4.90 Å². The van der Waals surface area contributed by atoms with Crippen LogP contribution in [0, 0.1) is 0 Å². The van der Waals surface area contributed by atoms with Crippen molar-refractivity contribution in [1.29, 1.82) is 0 Å². The number of aromatic nitrogens is 1. The normalized spacial score (nSPS) is 13.4. The average Bonchev–Trinajstić information content (AvgIpc) is 2.34. The van der Waals surface area contributed by atoms with Gasteiger partial charge in [-0.1, -0.05) is 6.07 Å². The van der Waals surface area contributed by atoms with Crippen LogP contribution in [-0.4, -0.2) is 31.8 Å². The standard InChI is InChI=1S/C12H18F3N3/c1-9(16-2)10-4-5-11(17-8-10)18(3)7-6-12(13,14)15/h4-5,8-9,16H,6-7H2,1-3H3. The Labute approximate surface area is 105 Å². The lowest BCUT2D eigenvalue weighted by atomic mass is 10.1. The molecule has 0 aromatic carbocycles. The molecule has 0 saturated carbocycles. The Morgan fingerprint density at radius 2 is 2.06 bits per heavy atom. The lowest BCUT2D eigenvalue weighted by Gasteiger charge is -2.19. The molecule has 0 amide bonds. The van der Waals surface area contributed by atoms with Crippen LogP contribution in [0.2, 0.25) is 0 Å². The first-order chi connectivity index (χ1) is 8.33. The molecular formula is C12H18F3N3. The summed E-state index contributed by atoms with van der Waals surface area (Å²) in [5.41, 5.74) is 1.01. The van der Waals surface area contributed by atoms with Crippen LogP contribution in [0.3, 0.4) is 0 Å². The predicted molar refractivity (Wildman–Crippen MR) is 65.7 cm³/mol. The van der Waals surface area contributed by atoms with E-state index in [2.05, 4.69) is 10.3 Å². The molecule has 102 valence electrons. The van der Waals surface area contributed by atoms with Crippen molar-refractivity contribution in [3.8, 4) is 0 Å². The summed E-state index contributed by atoms with van der Waals surface area (Å²) >= 11 is 0. The minimum atomic E-state index is -4.13. The second-order valence-electron chi connectivity index (χ2n) is 4.25. The van der Waals surface area contributed by atoms with Crippen LogP contribution in [0.15, 0.2) is 18.3 Å². The summed E-state index contributed by atoms with van der Waals surface area (Å²) in [5, 5.41) is 3.07. The van der Waals surface area contributed by atoms with E-state index in [-0.39, 0.29) is 12.6 Å². The van der Waals surface area contributed by atoms with Crippen LogP contribution in [-0.2, 0) is 0 Å². The molecule has 0 spiro atoms. The average molecular weight is 261 g/mol. The smallest absolute Gasteiger partial charge is 0.359 e. The van der Waals surface area contributed by atoms with Crippen molar-refractivity contribution in [1.82, 2.24) is 10.3 Å². The summed E-state index contributed by atoms with van der Waals surface area (Å²) in [7, 11) is 3.45. The molecule has 1 aromatic rings. The Balaban J connectivity index is 2.62. The van der Waals surface area contributed by atoms with Crippen LogP contribution in [0.25, 0.3) is 0 Å². The maximum absolute atomic E-state index is 12.1. The second kappa shape index (κ2) is 6.04. The van der Waals surface area contributed by atoms with Gasteiger partial charge in [-0.05, 0) is 25.6 Å². The topological polar surface area (TPSA) is 28.2 Å². The van der Waals surface area contributed by atoms with E-state index in [4.69, 9.17) is 0 Å². The molecule has 0 radical (unpaired) electrons. The highest BCUT2D eigenvalue weighted by atomic mass is 19.4. The van der Waals surface area contributed by atoms with Gasteiger partial charge in [-0.15, -0.1) is 0 Å². The van der Waals surface area contributed by atoms with Gasteiger partial charge in [0.2, 0.25) is 0 Å². The quantitative estimate of drug-likeness (QED) is 0.883. The van der Waals surface area contributed by atoms with Crippen molar-refractivity contribution in [3.05, 3.63) is 23.9 Å². The van der Waals surface area contributed by atoms with E-state index < -0.39 is 12.6 Å². The number of rotatable bonds is 5. The molecule has 6 heteroatoms.